The number of likely N-dealkylation sites (N-methyl/N-ethyl adjacent to an activating group) is 6. The highest BCUT2D eigenvalue weighted by Gasteiger charge is 2.52. The molecule has 5 aliphatic heterocycles. The Kier molecular flexibility index (Phi) is 27.6. The van der Waals surface area contributed by atoms with E-state index in [4.69, 9.17) is 0 Å². The molecule has 4 N–H and O–H groups in total. The molecule has 5 heterocycles. The van der Waals surface area contributed by atoms with Crippen molar-refractivity contribution in [1.82, 2.24) is 65.4 Å². The lowest BCUT2D eigenvalue weighted by Crippen LogP contribution is -2.65. The molecule has 0 aromatic carbocycles. The predicted molar refractivity (Wildman–Crippen MR) is 382 cm³/mol. The first-order chi connectivity index (χ1) is 48.2. The zero-order valence-electron chi connectivity index (χ0n) is 63.1. The van der Waals surface area contributed by atoms with Crippen molar-refractivity contribution in [2.75, 3.05) is 81.6 Å². The number of amides is 12. The Hall–Kier alpha value is -6.40. The number of fused-ring (bicyclic) bond motifs is 3. The highest BCUT2D eigenvalue weighted by Crippen LogP contribution is 2.40. The van der Waals surface area contributed by atoms with Gasteiger partial charge in [-0.15, -0.1) is 0 Å². The summed E-state index contributed by atoms with van der Waals surface area (Å²) in [5, 5.41) is 13.0. The van der Waals surface area contributed by atoms with Gasteiger partial charge in [0.2, 0.25) is 70.9 Å². The molecule has 9 fully saturated rings. The third-order valence-electron chi connectivity index (χ3n) is 25.4. The maximum Gasteiger partial charge on any atom is 0.248 e. The largest absolute Gasteiger partial charge is 0.343 e. The number of piperidine rings is 2. The monoisotopic (exact) mass is 1410 g/mol. The molecule has 0 radical (unpaired) electrons. The lowest BCUT2D eigenvalue weighted by Gasteiger charge is -2.45. The molecule has 4 aliphatic carbocycles. The fraction of sp³-hybridized carbons (Fsp3) is 0.842. The van der Waals surface area contributed by atoms with Gasteiger partial charge >= 0.3 is 0 Å². The van der Waals surface area contributed by atoms with Crippen molar-refractivity contribution < 1.29 is 57.5 Å². The Bertz CT molecular complexity index is 2960. The van der Waals surface area contributed by atoms with Crippen molar-refractivity contribution in [1.29, 1.82) is 0 Å². The van der Waals surface area contributed by atoms with Gasteiger partial charge in [0, 0.05) is 74.5 Å². The van der Waals surface area contributed by atoms with Crippen LogP contribution in [0.25, 0.3) is 0 Å². The summed E-state index contributed by atoms with van der Waals surface area (Å²) in [5.41, 5.74) is -1.45. The second kappa shape index (κ2) is 35.4. The Balaban J connectivity index is 1.07. The van der Waals surface area contributed by atoms with Crippen molar-refractivity contribution in [3.05, 3.63) is 0 Å². The van der Waals surface area contributed by atoms with Crippen LogP contribution < -0.4 is 21.3 Å². The van der Waals surface area contributed by atoms with E-state index in [0.29, 0.717) is 102 Å². The normalized spacial score (nSPS) is 32.2. The fourth-order valence-electron chi connectivity index (χ4n) is 18.6. The topological polar surface area (TPSA) is 282 Å². The van der Waals surface area contributed by atoms with E-state index in [9.17, 15) is 19.2 Å². The van der Waals surface area contributed by atoms with Crippen LogP contribution in [-0.2, 0) is 57.5 Å². The van der Waals surface area contributed by atoms with E-state index in [-0.39, 0.29) is 50.1 Å². The minimum Gasteiger partial charge on any atom is -0.343 e. The molecule has 9 rings (SSSR count). The van der Waals surface area contributed by atoms with E-state index >= 15 is 38.4 Å². The Morgan fingerprint density at radius 2 is 1.20 bits per heavy atom. The van der Waals surface area contributed by atoms with Gasteiger partial charge in [0.05, 0.1) is 13.0 Å². The summed E-state index contributed by atoms with van der Waals surface area (Å²) in [4.78, 5) is 195. The summed E-state index contributed by atoms with van der Waals surface area (Å²) >= 11 is 0. The molecule has 566 valence electrons. The molecule has 5 saturated heterocycles. The second-order valence-electron chi connectivity index (χ2n) is 32.7. The molecule has 0 bridgehead atoms. The first-order valence-electron chi connectivity index (χ1n) is 39.3. The molecular weight excluding hydrogens is 1290 g/mol. The average molecular weight is 1410 g/mol. The van der Waals surface area contributed by atoms with Gasteiger partial charge in [0.25, 0.3) is 0 Å². The molecule has 101 heavy (non-hydrogen) atoms. The van der Waals surface area contributed by atoms with Gasteiger partial charge in [-0.2, -0.15) is 0 Å². The number of hydrogen-bond donors (Lipinski definition) is 4. The fourth-order valence-corrected chi connectivity index (χ4v) is 18.6. The molecule has 1 spiro atoms. The predicted octanol–water partition coefficient (Wildman–Crippen LogP) is 5.21. The second-order valence-corrected chi connectivity index (χ2v) is 32.7. The zero-order valence-corrected chi connectivity index (χ0v) is 63.1. The SMILES string of the molecule is CC[C@H](C)[C@@H]1NC(=O)[C@H](CC(C)C)N(C)C(=O)C[C@@H](C(=O)N2CCCCC2)N(C)C(=O)[C@H](C2CCCC2)N(C)C(=O)C2(CCCC2)NC(=O)[C@@H]2CCCN2C(=O)[C@H](CCC2CCC3NCCCC3C2)NC(=O)CN(C)C(=O)[C@H](CC2CCCCC2)N(C)C(=O)[C@@H]2CCN2C(=O)[C@H](C)N(C)C1=O. The first kappa shape index (κ1) is 78.7. The summed E-state index contributed by atoms with van der Waals surface area (Å²) in [5.74, 6) is -6.08. The van der Waals surface area contributed by atoms with Crippen LogP contribution >= 0.6 is 0 Å². The van der Waals surface area contributed by atoms with Gasteiger partial charge in [-0.05, 0) is 171 Å². The number of carbonyl (C=O) groups excluding carboxylic acids is 12. The minimum absolute atomic E-state index is 0.113. The first-order valence-corrected chi connectivity index (χ1v) is 39.3. The van der Waals surface area contributed by atoms with Crippen molar-refractivity contribution in [3.8, 4) is 0 Å². The van der Waals surface area contributed by atoms with Crippen molar-refractivity contribution in [3.63, 3.8) is 0 Å². The van der Waals surface area contributed by atoms with E-state index < -0.39 is 150 Å². The highest BCUT2D eigenvalue weighted by atomic mass is 16.2. The number of hydrogen-bond acceptors (Lipinski definition) is 13. The van der Waals surface area contributed by atoms with Gasteiger partial charge in [-0.1, -0.05) is 91.9 Å². The van der Waals surface area contributed by atoms with Crippen LogP contribution in [0.2, 0.25) is 0 Å². The molecule has 3 unspecified atom stereocenters. The van der Waals surface area contributed by atoms with Crippen LogP contribution in [0.1, 0.15) is 227 Å². The van der Waals surface area contributed by atoms with Gasteiger partial charge in [0.15, 0.2) is 0 Å². The summed E-state index contributed by atoms with van der Waals surface area (Å²) in [7, 11) is 9.19. The zero-order chi connectivity index (χ0) is 73.1. The summed E-state index contributed by atoms with van der Waals surface area (Å²) in [6.45, 7) is 11.0. The van der Waals surface area contributed by atoms with E-state index in [1.54, 1.807) is 30.8 Å². The van der Waals surface area contributed by atoms with Gasteiger partial charge < -0.3 is 65.4 Å². The summed E-state index contributed by atoms with van der Waals surface area (Å²) in [6.07, 6.45) is 19.4. The summed E-state index contributed by atoms with van der Waals surface area (Å²) in [6, 6.07) is -9.38. The molecule has 25 heteroatoms. The maximum atomic E-state index is 15.8. The van der Waals surface area contributed by atoms with Crippen LogP contribution in [-0.4, -0.2) is 262 Å². The Labute approximate surface area is 601 Å². The van der Waals surface area contributed by atoms with Crippen LogP contribution in [0.15, 0.2) is 0 Å². The molecule has 4 saturated carbocycles. The maximum absolute atomic E-state index is 15.8. The van der Waals surface area contributed by atoms with Crippen molar-refractivity contribution in [2.45, 2.75) is 293 Å². The van der Waals surface area contributed by atoms with Crippen LogP contribution in [0.3, 0.4) is 0 Å². The highest BCUT2D eigenvalue weighted by molar-refractivity contribution is 6.01. The molecule has 25 nitrogen and oxygen atoms in total. The molecule has 12 amide bonds. The van der Waals surface area contributed by atoms with Crippen molar-refractivity contribution in [2.24, 2.45) is 35.5 Å². The van der Waals surface area contributed by atoms with E-state index in [1.165, 1.54) is 62.5 Å². The smallest absolute Gasteiger partial charge is 0.248 e. The lowest BCUT2D eigenvalue weighted by atomic mass is 9.73. The number of rotatable bonds is 11. The minimum atomic E-state index is -1.45. The number of nitrogens with one attached hydrogen (secondary N) is 4. The molecule has 0 aromatic heterocycles. The Morgan fingerprint density at radius 1 is 0.545 bits per heavy atom. The molecule has 9 aliphatic rings. The molecular formula is C76H125N13O12. The van der Waals surface area contributed by atoms with Crippen LogP contribution in [0.4, 0.5) is 0 Å². The van der Waals surface area contributed by atoms with Gasteiger partial charge in [0.1, 0.15) is 59.9 Å². The standard InChI is InChI=1S/C76H125N13O12/c1-12-49(4)64-73(99)82(7)50(5)68(94)89-42-35-58(89)71(97)84(9)60(45-51-25-15-13-16-26-51)70(96)81(6)47-62(90)78-56(34-32-52-31-33-55-54(44-52)29-23-38-77-55)69(95)88-41-24-30-57(88)67(93)80-76(36-19-20-37-76)75(101)86(11)65(53-27-17-18-28-53)74(100)85(10)61(72(98)87-39-21-14-22-40-87)46-63(91)83(8)59(43-48(2)3)66(92)79-64/h48-61,64-65,77H,12-47H2,1-11H3,(H,78,90)(H,79,92)(H,80,93)/t49-,50-,52?,54?,55?,56-,57-,58-,59-,60-,61-,64-,65-/m0/s1. The quantitative estimate of drug-likeness (QED) is 0.207. The third kappa shape index (κ3) is 18.4. The van der Waals surface area contributed by atoms with E-state index in [2.05, 4.69) is 21.3 Å². The van der Waals surface area contributed by atoms with E-state index in [0.717, 1.165) is 103 Å². The average Bonchev–Trinajstić information content (AvgIpc) is 1.76. The number of nitrogens with zero attached hydrogens (tertiary/aromatic N) is 9. The van der Waals surface area contributed by atoms with Gasteiger partial charge in [-0.3, -0.25) is 57.5 Å². The Morgan fingerprint density at radius 3 is 1.85 bits per heavy atom. The van der Waals surface area contributed by atoms with Crippen LogP contribution in [0.5, 0.6) is 0 Å². The lowest BCUT2D eigenvalue weighted by molar-refractivity contribution is -0.160. The molecule has 13 atom stereocenters. The van der Waals surface area contributed by atoms with Crippen molar-refractivity contribution >= 4 is 70.9 Å². The summed E-state index contributed by atoms with van der Waals surface area (Å²) < 4.78 is 0. The van der Waals surface area contributed by atoms with E-state index in [1.807, 2.05) is 27.7 Å². The number of likely N-dealkylation sites (tertiary alicyclic amines) is 1. The third-order valence-corrected chi connectivity index (χ3v) is 25.4. The molecule has 0 aromatic rings. The van der Waals surface area contributed by atoms with Crippen LogP contribution in [0, 0.1) is 35.5 Å². The number of carbonyl (C=O) groups is 12. The van der Waals surface area contributed by atoms with Gasteiger partial charge in [-0.25, -0.2) is 0 Å².